The second kappa shape index (κ2) is 21.1. The van der Waals surface area contributed by atoms with Crippen LogP contribution in [0.4, 0.5) is 0 Å². The zero-order valence-electron chi connectivity index (χ0n) is 19.0. The molecule has 0 aromatic heterocycles. The topological polar surface area (TPSA) is 77.4 Å². The normalized spacial score (nSPS) is 13.9. The van der Waals surface area contributed by atoms with Gasteiger partial charge in [-0.2, -0.15) is 0 Å². The molecule has 0 aliphatic rings. The van der Waals surface area contributed by atoms with Crippen LogP contribution in [-0.2, 0) is 10.1 Å². The molecule has 0 aliphatic carbocycles. The zero-order chi connectivity index (χ0) is 20.4. The maximum absolute atomic E-state index is 11.3. The van der Waals surface area contributed by atoms with E-state index in [0.29, 0.717) is 12.8 Å². The molecule has 0 fully saturated rings. The van der Waals surface area contributed by atoms with Gasteiger partial charge in [0.25, 0.3) is 0 Å². The Morgan fingerprint density at radius 2 is 0.964 bits per heavy atom. The average molecular weight is 429 g/mol. The summed E-state index contributed by atoms with van der Waals surface area (Å²) in [7, 11) is -4.14. The Labute approximate surface area is 197 Å². The second-order valence-corrected chi connectivity index (χ2v) is 9.82. The van der Waals surface area contributed by atoms with Crippen molar-refractivity contribution in [3.63, 3.8) is 0 Å². The van der Waals surface area contributed by atoms with Gasteiger partial charge in [0.1, 0.15) is 0 Å². The van der Waals surface area contributed by atoms with Crippen LogP contribution in [0.1, 0.15) is 129 Å². The van der Waals surface area contributed by atoms with Crippen LogP contribution >= 0.6 is 0 Å². The Kier molecular flexibility index (Phi) is 23.4. The van der Waals surface area contributed by atoms with Crippen molar-refractivity contribution in [1.29, 1.82) is 0 Å². The van der Waals surface area contributed by atoms with Crippen LogP contribution in [0.5, 0.6) is 0 Å². The zero-order valence-corrected chi connectivity index (χ0v) is 21.8. The van der Waals surface area contributed by atoms with Gasteiger partial charge in [-0.1, -0.05) is 104 Å². The van der Waals surface area contributed by atoms with E-state index < -0.39 is 15.4 Å². The van der Waals surface area contributed by atoms with Crippen molar-refractivity contribution in [2.45, 2.75) is 141 Å². The third-order valence-electron chi connectivity index (χ3n) is 5.49. The Morgan fingerprint density at radius 1 is 0.643 bits per heavy atom. The largest absolute Gasteiger partial charge is 1.00 e. The molecule has 0 saturated carbocycles. The molecule has 164 valence electrons. The summed E-state index contributed by atoms with van der Waals surface area (Å²) in [6, 6.07) is 0. The molecule has 2 unspecified atom stereocenters. The van der Waals surface area contributed by atoms with Crippen molar-refractivity contribution >= 4 is 10.1 Å². The molecule has 0 rings (SSSR count). The fourth-order valence-electron chi connectivity index (χ4n) is 3.64. The van der Waals surface area contributed by atoms with E-state index in [-0.39, 0.29) is 35.7 Å². The molecular formula is C22H45NaO4S. The number of hydrogen-bond acceptors (Lipinski definition) is 4. The van der Waals surface area contributed by atoms with Gasteiger partial charge in [0.15, 0.2) is 0 Å². The molecule has 6 heteroatoms. The molecule has 4 nitrogen and oxygen atoms in total. The standard InChI is InChI=1S/C22H46O4S.Na/c1-3-5-7-14-17-21(23)18-15-11-9-8-10-12-16-20-22(27(24,25)26)19-13-6-4-2;/h21-23H,3-20H2,1-2H3,(H,24,25,26);/q;+1/p-1. The summed E-state index contributed by atoms with van der Waals surface area (Å²) in [4.78, 5) is 0. The van der Waals surface area contributed by atoms with Crippen molar-refractivity contribution in [2.24, 2.45) is 0 Å². The van der Waals surface area contributed by atoms with Crippen LogP contribution in [-0.4, -0.2) is 29.4 Å². The molecule has 1 N–H and O–H groups in total. The van der Waals surface area contributed by atoms with Gasteiger partial charge in [-0.3, -0.25) is 0 Å². The van der Waals surface area contributed by atoms with Gasteiger partial charge in [0, 0.05) is 5.25 Å². The van der Waals surface area contributed by atoms with Crippen molar-refractivity contribution in [1.82, 2.24) is 0 Å². The molecule has 0 spiro atoms. The number of rotatable bonds is 20. The first kappa shape index (κ1) is 31.1. The third kappa shape index (κ3) is 20.2. The molecule has 0 heterocycles. The molecule has 0 amide bonds. The minimum atomic E-state index is -4.14. The van der Waals surface area contributed by atoms with Crippen LogP contribution in [0.3, 0.4) is 0 Å². The van der Waals surface area contributed by atoms with E-state index in [1.165, 1.54) is 32.1 Å². The van der Waals surface area contributed by atoms with Crippen LogP contribution in [0.15, 0.2) is 0 Å². The van der Waals surface area contributed by atoms with Crippen molar-refractivity contribution in [3.05, 3.63) is 0 Å². The van der Waals surface area contributed by atoms with Gasteiger partial charge in [0.05, 0.1) is 16.2 Å². The fraction of sp³-hybridized carbons (Fsp3) is 1.00. The summed E-state index contributed by atoms with van der Waals surface area (Å²) in [5.74, 6) is 0. The fourth-order valence-corrected chi connectivity index (χ4v) is 4.55. The summed E-state index contributed by atoms with van der Waals surface area (Å²) in [6.45, 7) is 4.28. The van der Waals surface area contributed by atoms with E-state index >= 15 is 0 Å². The number of aliphatic hydroxyl groups excluding tert-OH is 1. The minimum absolute atomic E-state index is 0. The predicted molar refractivity (Wildman–Crippen MR) is 114 cm³/mol. The minimum Gasteiger partial charge on any atom is -0.748 e. The number of aliphatic hydroxyl groups is 1. The van der Waals surface area contributed by atoms with Crippen LogP contribution in [0, 0.1) is 0 Å². The predicted octanol–water partition coefficient (Wildman–Crippen LogP) is 3.33. The first-order chi connectivity index (χ1) is 12.9. The number of unbranched alkanes of at least 4 members (excludes halogenated alkanes) is 11. The second-order valence-electron chi connectivity index (χ2n) is 8.17. The Morgan fingerprint density at radius 3 is 1.39 bits per heavy atom. The molecule has 28 heavy (non-hydrogen) atoms. The van der Waals surface area contributed by atoms with Crippen LogP contribution in [0.2, 0.25) is 0 Å². The van der Waals surface area contributed by atoms with Crippen molar-refractivity contribution in [2.75, 3.05) is 0 Å². The first-order valence-electron chi connectivity index (χ1n) is 11.5. The smallest absolute Gasteiger partial charge is 0.748 e. The van der Waals surface area contributed by atoms with Gasteiger partial charge in [-0.25, -0.2) is 8.42 Å². The molecule has 0 saturated heterocycles. The molecular weight excluding hydrogens is 383 g/mol. The summed E-state index contributed by atoms with van der Waals surface area (Å²) in [5, 5.41) is 9.26. The molecule has 0 aliphatic heterocycles. The van der Waals surface area contributed by atoms with Gasteiger partial charge in [0.2, 0.25) is 0 Å². The van der Waals surface area contributed by atoms with Gasteiger partial charge < -0.3 is 9.66 Å². The summed E-state index contributed by atoms with van der Waals surface area (Å²) < 4.78 is 34.0. The Bertz CT molecular complexity index is 415. The third-order valence-corrected chi connectivity index (χ3v) is 6.78. The summed E-state index contributed by atoms with van der Waals surface area (Å²) in [5.41, 5.74) is 0. The van der Waals surface area contributed by atoms with Crippen molar-refractivity contribution in [3.8, 4) is 0 Å². The molecule has 0 bridgehead atoms. The van der Waals surface area contributed by atoms with E-state index in [1.807, 2.05) is 0 Å². The average Bonchev–Trinajstić information content (AvgIpc) is 2.61. The van der Waals surface area contributed by atoms with Gasteiger partial charge >= 0.3 is 29.6 Å². The number of hydrogen-bond donors (Lipinski definition) is 1. The van der Waals surface area contributed by atoms with Crippen LogP contribution < -0.4 is 29.6 Å². The first-order valence-corrected chi connectivity index (χ1v) is 13.0. The summed E-state index contributed by atoms with van der Waals surface area (Å²) >= 11 is 0. The van der Waals surface area contributed by atoms with Gasteiger partial charge in [-0.05, 0) is 25.7 Å². The van der Waals surface area contributed by atoms with Crippen molar-refractivity contribution < 1.29 is 47.6 Å². The van der Waals surface area contributed by atoms with Crippen LogP contribution in [0.25, 0.3) is 0 Å². The Balaban J connectivity index is 0. The van der Waals surface area contributed by atoms with E-state index in [0.717, 1.165) is 70.6 Å². The molecule has 0 aromatic rings. The Hall–Kier alpha value is 0.870. The maximum Gasteiger partial charge on any atom is 1.00 e. The molecule has 2 atom stereocenters. The van der Waals surface area contributed by atoms with E-state index in [9.17, 15) is 18.1 Å². The van der Waals surface area contributed by atoms with Gasteiger partial charge in [-0.15, -0.1) is 0 Å². The van der Waals surface area contributed by atoms with E-state index in [1.54, 1.807) is 0 Å². The molecule has 0 radical (unpaired) electrons. The SMILES string of the molecule is CCCCCCC(O)CCCCCCCCCC(CCCCC)S(=O)(=O)[O-].[Na+]. The summed E-state index contributed by atoms with van der Waals surface area (Å²) in [6.07, 6.45) is 18.2. The quantitative estimate of drug-likeness (QED) is 0.183. The van der Waals surface area contributed by atoms with E-state index in [4.69, 9.17) is 0 Å². The monoisotopic (exact) mass is 428 g/mol. The maximum atomic E-state index is 11.3. The van der Waals surface area contributed by atoms with E-state index in [2.05, 4.69) is 13.8 Å². The molecule has 0 aromatic carbocycles.